The molecule has 0 aliphatic carbocycles. The first-order valence-corrected chi connectivity index (χ1v) is 6.46. The first-order valence-electron chi connectivity index (χ1n) is 6.46. The number of nitrogens with zero attached hydrogens (tertiary/aromatic N) is 2. The Morgan fingerprint density at radius 2 is 2.17 bits per heavy atom. The van der Waals surface area contributed by atoms with E-state index in [-0.39, 0.29) is 29.9 Å². The van der Waals surface area contributed by atoms with E-state index in [1.807, 2.05) is 11.8 Å². The molecule has 18 heavy (non-hydrogen) atoms. The summed E-state index contributed by atoms with van der Waals surface area (Å²) < 4.78 is 0. The molecule has 0 bridgehead atoms. The predicted octanol–water partition coefficient (Wildman–Crippen LogP) is 1.19. The third-order valence-corrected chi connectivity index (χ3v) is 2.95. The highest BCUT2D eigenvalue weighted by Gasteiger charge is 2.25. The van der Waals surface area contributed by atoms with Crippen LogP contribution in [0.3, 0.4) is 0 Å². The number of rotatable bonds is 4. The summed E-state index contributed by atoms with van der Waals surface area (Å²) in [5, 5.41) is 6.59. The van der Waals surface area contributed by atoms with Crippen molar-refractivity contribution in [2.75, 3.05) is 26.7 Å². The monoisotopic (exact) mass is 368 g/mol. The van der Waals surface area contributed by atoms with Crippen LogP contribution in [0.15, 0.2) is 4.99 Å². The van der Waals surface area contributed by atoms with Gasteiger partial charge in [0.1, 0.15) is 0 Å². The molecule has 1 rings (SSSR count). The highest BCUT2D eigenvalue weighted by Crippen LogP contribution is 2.10. The van der Waals surface area contributed by atoms with Crippen molar-refractivity contribution in [2.45, 2.75) is 39.2 Å². The van der Waals surface area contributed by atoms with Crippen molar-refractivity contribution in [3.05, 3.63) is 0 Å². The summed E-state index contributed by atoms with van der Waals surface area (Å²) in [4.78, 5) is 17.6. The van der Waals surface area contributed by atoms with Gasteiger partial charge in [-0.05, 0) is 12.8 Å². The molecule has 1 atom stereocenters. The van der Waals surface area contributed by atoms with Crippen molar-refractivity contribution in [1.29, 1.82) is 0 Å². The van der Waals surface area contributed by atoms with Gasteiger partial charge in [0.05, 0.1) is 0 Å². The molecule has 1 unspecified atom stereocenters. The second-order valence-corrected chi connectivity index (χ2v) is 4.32. The summed E-state index contributed by atoms with van der Waals surface area (Å²) in [6.07, 6.45) is 2.67. The molecule has 1 heterocycles. The normalized spacial score (nSPS) is 19.4. The lowest BCUT2D eigenvalue weighted by atomic mass is 10.3. The van der Waals surface area contributed by atoms with Gasteiger partial charge in [-0.15, -0.1) is 24.0 Å². The molecule has 0 aromatic rings. The molecule has 2 N–H and O–H groups in total. The van der Waals surface area contributed by atoms with Gasteiger partial charge in [-0.25, -0.2) is 0 Å². The molecule has 0 spiro atoms. The maximum atomic E-state index is 11.5. The van der Waals surface area contributed by atoms with Crippen LogP contribution in [0.25, 0.3) is 0 Å². The van der Waals surface area contributed by atoms with Gasteiger partial charge in [0.15, 0.2) is 5.96 Å². The second kappa shape index (κ2) is 9.41. The molecule has 1 saturated heterocycles. The molecule has 0 radical (unpaired) electrons. The summed E-state index contributed by atoms with van der Waals surface area (Å²) in [5.74, 6) is 1.08. The van der Waals surface area contributed by atoms with Crippen LogP contribution in [0, 0.1) is 0 Å². The van der Waals surface area contributed by atoms with Crippen LogP contribution >= 0.6 is 24.0 Å². The van der Waals surface area contributed by atoms with Crippen LogP contribution < -0.4 is 10.6 Å². The van der Waals surface area contributed by atoms with Gasteiger partial charge < -0.3 is 15.5 Å². The average molecular weight is 368 g/mol. The van der Waals surface area contributed by atoms with Gasteiger partial charge in [-0.1, -0.05) is 13.8 Å². The van der Waals surface area contributed by atoms with E-state index in [1.165, 1.54) is 0 Å². The fraction of sp³-hybridized carbons (Fsp3) is 0.833. The van der Waals surface area contributed by atoms with Crippen LogP contribution in [-0.4, -0.2) is 49.5 Å². The number of guanidine groups is 1. The minimum absolute atomic E-state index is 0. The van der Waals surface area contributed by atoms with Crippen molar-refractivity contribution < 1.29 is 4.79 Å². The second-order valence-electron chi connectivity index (χ2n) is 4.32. The molecule has 106 valence electrons. The summed E-state index contributed by atoms with van der Waals surface area (Å²) in [6, 6.07) is 0.327. The van der Waals surface area contributed by atoms with Crippen molar-refractivity contribution in [1.82, 2.24) is 15.5 Å². The van der Waals surface area contributed by atoms with Gasteiger partial charge in [0.2, 0.25) is 5.91 Å². The minimum atomic E-state index is 0. The van der Waals surface area contributed by atoms with Crippen LogP contribution in [-0.2, 0) is 4.79 Å². The van der Waals surface area contributed by atoms with E-state index in [9.17, 15) is 4.79 Å². The first kappa shape index (κ1) is 17.5. The minimum Gasteiger partial charge on any atom is -0.356 e. The SMILES string of the molecule is CCCNC(=NC)NC1CCN(C(=O)CC)C1.I. The molecule has 5 nitrogen and oxygen atoms in total. The first-order chi connectivity index (χ1) is 8.21. The van der Waals surface area contributed by atoms with Gasteiger partial charge in [0, 0.05) is 39.1 Å². The van der Waals surface area contributed by atoms with Crippen LogP contribution in [0.4, 0.5) is 0 Å². The fourth-order valence-corrected chi connectivity index (χ4v) is 1.96. The fourth-order valence-electron chi connectivity index (χ4n) is 1.96. The number of carbonyl (C=O) groups excluding carboxylic acids is 1. The molecule has 1 aliphatic rings. The Kier molecular flexibility index (Phi) is 9.13. The number of carbonyl (C=O) groups is 1. The van der Waals surface area contributed by atoms with Gasteiger partial charge in [0.25, 0.3) is 0 Å². The van der Waals surface area contributed by atoms with E-state index in [1.54, 1.807) is 7.05 Å². The number of aliphatic imine (C=N–C) groups is 1. The maximum Gasteiger partial charge on any atom is 0.222 e. The van der Waals surface area contributed by atoms with Crippen molar-refractivity contribution in [3.63, 3.8) is 0 Å². The average Bonchev–Trinajstić information content (AvgIpc) is 2.81. The molecule has 1 fully saturated rings. The molecular weight excluding hydrogens is 343 g/mol. The van der Waals surface area contributed by atoms with E-state index >= 15 is 0 Å². The Morgan fingerprint density at radius 1 is 1.44 bits per heavy atom. The van der Waals surface area contributed by atoms with Crippen LogP contribution in [0.5, 0.6) is 0 Å². The zero-order valence-electron chi connectivity index (χ0n) is 11.5. The van der Waals surface area contributed by atoms with E-state index in [4.69, 9.17) is 0 Å². The smallest absolute Gasteiger partial charge is 0.222 e. The summed E-state index contributed by atoms with van der Waals surface area (Å²) in [7, 11) is 1.77. The molecule has 6 heteroatoms. The number of amides is 1. The van der Waals surface area contributed by atoms with Crippen LogP contribution in [0.1, 0.15) is 33.1 Å². The number of likely N-dealkylation sites (tertiary alicyclic amines) is 1. The zero-order chi connectivity index (χ0) is 12.7. The predicted molar refractivity (Wildman–Crippen MR) is 85.5 cm³/mol. The Hall–Kier alpha value is -0.530. The Balaban J connectivity index is 0.00000289. The number of nitrogens with one attached hydrogen (secondary N) is 2. The molecule has 1 amide bonds. The quantitative estimate of drug-likeness (QED) is 0.445. The van der Waals surface area contributed by atoms with Gasteiger partial charge >= 0.3 is 0 Å². The summed E-state index contributed by atoms with van der Waals surface area (Å²) >= 11 is 0. The highest BCUT2D eigenvalue weighted by atomic mass is 127. The van der Waals surface area contributed by atoms with Gasteiger partial charge in [-0.2, -0.15) is 0 Å². The largest absolute Gasteiger partial charge is 0.356 e. The highest BCUT2D eigenvalue weighted by molar-refractivity contribution is 14.0. The van der Waals surface area contributed by atoms with Gasteiger partial charge in [-0.3, -0.25) is 9.79 Å². The van der Waals surface area contributed by atoms with E-state index in [0.29, 0.717) is 12.5 Å². The molecule has 1 aliphatic heterocycles. The number of hydrogen-bond donors (Lipinski definition) is 2. The van der Waals surface area contributed by atoms with E-state index in [2.05, 4.69) is 22.5 Å². The molecular formula is C12H25IN4O. The Labute approximate surface area is 127 Å². The Bertz CT molecular complexity index is 283. The summed E-state index contributed by atoms with van der Waals surface area (Å²) in [6.45, 7) is 6.60. The lowest BCUT2D eigenvalue weighted by Crippen LogP contribution is -2.45. The lowest BCUT2D eigenvalue weighted by Gasteiger charge is -2.18. The van der Waals surface area contributed by atoms with Crippen molar-refractivity contribution in [3.8, 4) is 0 Å². The molecule has 0 saturated carbocycles. The van der Waals surface area contributed by atoms with Crippen molar-refractivity contribution in [2.24, 2.45) is 4.99 Å². The lowest BCUT2D eigenvalue weighted by molar-refractivity contribution is -0.129. The van der Waals surface area contributed by atoms with E-state index in [0.717, 1.165) is 38.4 Å². The third-order valence-electron chi connectivity index (χ3n) is 2.95. The van der Waals surface area contributed by atoms with Crippen molar-refractivity contribution >= 4 is 35.8 Å². The van der Waals surface area contributed by atoms with E-state index < -0.39 is 0 Å². The topological polar surface area (TPSA) is 56.7 Å². The van der Waals surface area contributed by atoms with Crippen LogP contribution in [0.2, 0.25) is 0 Å². The zero-order valence-corrected chi connectivity index (χ0v) is 13.9. The summed E-state index contributed by atoms with van der Waals surface area (Å²) in [5.41, 5.74) is 0. The Morgan fingerprint density at radius 3 is 2.72 bits per heavy atom. The maximum absolute atomic E-state index is 11.5. The molecule has 0 aromatic carbocycles. The standard InChI is InChI=1S/C12H24N4O.HI/c1-4-7-14-12(13-3)15-10-6-8-16(9-10)11(17)5-2;/h10H,4-9H2,1-3H3,(H2,13,14,15);1H. The number of halogens is 1. The third kappa shape index (κ3) is 5.41. The molecule has 0 aromatic heterocycles. The number of hydrogen-bond acceptors (Lipinski definition) is 2.